The van der Waals surface area contributed by atoms with Gasteiger partial charge in [0.2, 0.25) is 0 Å². The highest BCUT2D eigenvalue weighted by atomic mass is 15.3. The van der Waals surface area contributed by atoms with Crippen molar-refractivity contribution in [1.29, 1.82) is 0 Å². The highest BCUT2D eigenvalue weighted by Crippen LogP contribution is 2.42. The quantitative estimate of drug-likeness (QED) is 0.794. The smallest absolute Gasteiger partial charge is 0.0926 e. The number of nitrogens with one attached hydrogen (secondary N) is 1. The van der Waals surface area contributed by atoms with E-state index in [9.17, 15) is 0 Å². The van der Waals surface area contributed by atoms with Crippen LogP contribution in [0.1, 0.15) is 68.6 Å². The molecule has 6 heteroatoms. The zero-order chi connectivity index (χ0) is 19.6. The summed E-state index contributed by atoms with van der Waals surface area (Å²) in [5, 5.41) is 4.59. The Hall–Kier alpha value is -1.66. The highest BCUT2D eigenvalue weighted by Gasteiger charge is 2.46. The highest BCUT2D eigenvalue weighted by molar-refractivity contribution is 5.27. The van der Waals surface area contributed by atoms with Crippen LogP contribution in [0, 0.1) is 6.92 Å². The first-order valence-corrected chi connectivity index (χ1v) is 11.2. The van der Waals surface area contributed by atoms with Gasteiger partial charge < -0.3 is 4.98 Å². The van der Waals surface area contributed by atoms with E-state index >= 15 is 0 Å². The molecular formula is C22H36N6. The monoisotopic (exact) mass is 384 g/mol. The number of hydrogen-bond donors (Lipinski definition) is 1. The molecule has 2 aliphatic heterocycles. The van der Waals surface area contributed by atoms with Crippen molar-refractivity contribution in [3.8, 4) is 0 Å². The fourth-order valence-electron chi connectivity index (χ4n) is 5.15. The Morgan fingerprint density at radius 2 is 1.93 bits per heavy atom. The summed E-state index contributed by atoms with van der Waals surface area (Å²) in [6.45, 7) is 13.4. The Bertz CT molecular complexity index is 768. The lowest BCUT2D eigenvalue weighted by Crippen LogP contribution is -2.56. The number of unbranched alkanes of at least 4 members (excludes halogenated alkanes) is 1. The molecule has 28 heavy (non-hydrogen) atoms. The molecule has 154 valence electrons. The van der Waals surface area contributed by atoms with E-state index in [1.54, 1.807) is 0 Å². The van der Waals surface area contributed by atoms with Gasteiger partial charge in [-0.05, 0) is 39.2 Å². The average molecular weight is 385 g/mol. The summed E-state index contributed by atoms with van der Waals surface area (Å²) < 4.78 is 2.16. The second kappa shape index (κ2) is 8.37. The van der Waals surface area contributed by atoms with Crippen LogP contribution in [0.25, 0.3) is 0 Å². The fourth-order valence-corrected chi connectivity index (χ4v) is 5.15. The maximum Gasteiger partial charge on any atom is 0.0926 e. The van der Waals surface area contributed by atoms with E-state index in [-0.39, 0.29) is 5.54 Å². The van der Waals surface area contributed by atoms with E-state index in [0.29, 0.717) is 0 Å². The van der Waals surface area contributed by atoms with E-state index in [1.165, 1.54) is 54.9 Å². The van der Waals surface area contributed by atoms with Gasteiger partial charge in [0.1, 0.15) is 0 Å². The van der Waals surface area contributed by atoms with Crippen molar-refractivity contribution >= 4 is 0 Å². The van der Waals surface area contributed by atoms with Gasteiger partial charge in [-0.15, -0.1) is 0 Å². The molecule has 0 aliphatic carbocycles. The lowest BCUT2D eigenvalue weighted by Gasteiger charge is -2.50. The van der Waals surface area contributed by atoms with Crippen LogP contribution in [-0.4, -0.2) is 55.7 Å². The molecule has 0 bridgehead atoms. The molecule has 0 aromatic carbocycles. The Morgan fingerprint density at radius 1 is 1.11 bits per heavy atom. The number of imidazole rings is 1. The van der Waals surface area contributed by atoms with Crippen LogP contribution in [0.4, 0.5) is 0 Å². The zero-order valence-corrected chi connectivity index (χ0v) is 17.9. The lowest BCUT2D eigenvalue weighted by molar-refractivity contribution is 0.00261. The third-order valence-electron chi connectivity index (χ3n) is 6.90. The van der Waals surface area contributed by atoms with Crippen molar-refractivity contribution in [2.45, 2.75) is 77.9 Å². The maximum absolute atomic E-state index is 4.81. The molecule has 1 fully saturated rings. The summed E-state index contributed by atoms with van der Waals surface area (Å²) in [5.41, 5.74) is 5.57. The SMILES string of the molecule is CCCCN1CCc2[nH]cnc2C12CCN(Cc1cnn(CCC)c1C)CC2. The van der Waals surface area contributed by atoms with Gasteiger partial charge in [-0.25, -0.2) is 4.98 Å². The molecule has 0 unspecified atom stereocenters. The van der Waals surface area contributed by atoms with Crippen LogP contribution in [0.3, 0.4) is 0 Å². The number of hydrogen-bond acceptors (Lipinski definition) is 4. The molecule has 2 aromatic rings. The largest absolute Gasteiger partial charge is 0.348 e. The number of likely N-dealkylation sites (tertiary alicyclic amines) is 1. The van der Waals surface area contributed by atoms with Crippen LogP contribution in [-0.2, 0) is 25.0 Å². The van der Waals surface area contributed by atoms with Gasteiger partial charge in [-0.3, -0.25) is 14.5 Å². The van der Waals surface area contributed by atoms with E-state index < -0.39 is 0 Å². The van der Waals surface area contributed by atoms with Crippen LogP contribution in [0.15, 0.2) is 12.5 Å². The van der Waals surface area contributed by atoms with Gasteiger partial charge in [0.15, 0.2) is 0 Å². The molecule has 6 nitrogen and oxygen atoms in total. The van der Waals surface area contributed by atoms with Crippen molar-refractivity contribution in [1.82, 2.24) is 29.5 Å². The number of fused-ring (bicyclic) bond motifs is 2. The lowest BCUT2D eigenvalue weighted by atomic mass is 9.78. The number of H-pyrrole nitrogens is 1. The minimum Gasteiger partial charge on any atom is -0.348 e. The van der Waals surface area contributed by atoms with Crippen LogP contribution < -0.4 is 0 Å². The van der Waals surface area contributed by atoms with Gasteiger partial charge in [0, 0.05) is 56.1 Å². The second-order valence-electron chi connectivity index (χ2n) is 8.61. The van der Waals surface area contributed by atoms with Gasteiger partial charge in [0.25, 0.3) is 0 Å². The Balaban J connectivity index is 1.47. The van der Waals surface area contributed by atoms with Crippen LogP contribution in [0.5, 0.6) is 0 Å². The van der Waals surface area contributed by atoms with E-state index in [1.807, 2.05) is 6.33 Å². The Kier molecular flexibility index (Phi) is 5.88. The van der Waals surface area contributed by atoms with Crippen LogP contribution >= 0.6 is 0 Å². The molecule has 1 N–H and O–H groups in total. The first kappa shape index (κ1) is 19.6. The molecule has 0 radical (unpaired) electrons. The molecule has 1 spiro atoms. The van der Waals surface area contributed by atoms with Gasteiger partial charge in [-0.1, -0.05) is 20.3 Å². The number of piperidine rings is 1. The molecule has 2 aromatic heterocycles. The standard InChI is InChI=1S/C22H36N6/c1-4-6-11-27-12-7-20-21(24-17-23-20)22(27)8-13-26(14-9-22)16-19-15-25-28(10-5-2)18(19)3/h15,17H,4-14,16H2,1-3H3,(H,23,24). The van der Waals surface area contributed by atoms with E-state index in [2.05, 4.69) is 51.5 Å². The third kappa shape index (κ3) is 3.52. The first-order chi connectivity index (χ1) is 13.7. The van der Waals surface area contributed by atoms with Crippen molar-refractivity contribution in [3.63, 3.8) is 0 Å². The molecule has 0 amide bonds. The molecule has 0 saturated carbocycles. The molecule has 4 rings (SSSR count). The number of nitrogens with zero attached hydrogens (tertiary/aromatic N) is 5. The summed E-state index contributed by atoms with van der Waals surface area (Å²) in [4.78, 5) is 13.6. The minimum atomic E-state index is 0.140. The maximum atomic E-state index is 4.81. The Labute approximate surface area is 169 Å². The number of aromatic amines is 1. The summed E-state index contributed by atoms with van der Waals surface area (Å²) in [7, 11) is 0. The first-order valence-electron chi connectivity index (χ1n) is 11.2. The molecular weight excluding hydrogens is 348 g/mol. The second-order valence-corrected chi connectivity index (χ2v) is 8.61. The molecule has 4 heterocycles. The molecule has 2 aliphatic rings. The van der Waals surface area contributed by atoms with Crippen LogP contribution in [0.2, 0.25) is 0 Å². The van der Waals surface area contributed by atoms with Crippen molar-refractivity contribution in [2.75, 3.05) is 26.2 Å². The molecule has 1 saturated heterocycles. The Morgan fingerprint density at radius 3 is 2.68 bits per heavy atom. The third-order valence-corrected chi connectivity index (χ3v) is 6.90. The van der Waals surface area contributed by atoms with Crippen molar-refractivity contribution in [3.05, 3.63) is 35.2 Å². The summed E-state index contributed by atoms with van der Waals surface area (Å²) in [6, 6.07) is 0. The number of rotatable bonds is 7. The average Bonchev–Trinajstić information content (AvgIpc) is 3.32. The van der Waals surface area contributed by atoms with Crippen molar-refractivity contribution < 1.29 is 0 Å². The summed E-state index contributed by atoms with van der Waals surface area (Å²) in [6.07, 6.45) is 11.1. The van der Waals surface area contributed by atoms with Gasteiger partial charge in [-0.2, -0.15) is 5.10 Å². The zero-order valence-electron chi connectivity index (χ0n) is 17.9. The normalized spacial score (nSPS) is 20.0. The van der Waals surface area contributed by atoms with Crippen molar-refractivity contribution in [2.24, 2.45) is 0 Å². The topological polar surface area (TPSA) is 53.0 Å². The van der Waals surface area contributed by atoms with E-state index in [0.717, 1.165) is 45.6 Å². The minimum absolute atomic E-state index is 0.140. The van der Waals surface area contributed by atoms with Gasteiger partial charge >= 0.3 is 0 Å². The molecule has 0 atom stereocenters. The fraction of sp³-hybridized carbons (Fsp3) is 0.727. The van der Waals surface area contributed by atoms with Gasteiger partial charge in [0.05, 0.1) is 23.8 Å². The predicted molar refractivity (Wildman–Crippen MR) is 112 cm³/mol. The summed E-state index contributed by atoms with van der Waals surface area (Å²) >= 11 is 0. The number of aromatic nitrogens is 4. The number of aryl methyl sites for hydroxylation is 1. The predicted octanol–water partition coefficient (Wildman–Crippen LogP) is 3.47. The summed E-state index contributed by atoms with van der Waals surface area (Å²) in [5.74, 6) is 0. The van der Waals surface area contributed by atoms with E-state index in [4.69, 9.17) is 4.98 Å².